The van der Waals surface area contributed by atoms with Gasteiger partial charge in [-0.2, -0.15) is 0 Å². The molecule has 0 fully saturated rings. The zero-order valence-corrected chi connectivity index (χ0v) is 14.6. The van der Waals surface area contributed by atoms with Crippen molar-refractivity contribution in [3.63, 3.8) is 0 Å². The van der Waals surface area contributed by atoms with E-state index in [-0.39, 0.29) is 24.6 Å². The summed E-state index contributed by atoms with van der Waals surface area (Å²) in [5, 5.41) is 2.48. The van der Waals surface area contributed by atoms with Gasteiger partial charge in [-0.15, -0.1) is 0 Å². The van der Waals surface area contributed by atoms with Crippen LogP contribution < -0.4 is 10.1 Å². The molecule has 0 atom stereocenters. The highest BCUT2D eigenvalue weighted by Crippen LogP contribution is 2.19. The number of para-hydroxylation sites is 1. The molecular weight excluding hydrogens is 342 g/mol. The molecule has 138 valence electrons. The number of hydrogen-bond donors (Lipinski definition) is 1. The predicted molar refractivity (Wildman–Crippen MR) is 93.7 cm³/mol. The fourth-order valence-corrected chi connectivity index (χ4v) is 2.42. The zero-order valence-electron chi connectivity index (χ0n) is 14.6. The molecule has 0 saturated heterocycles. The van der Waals surface area contributed by atoms with Crippen LogP contribution in [0.15, 0.2) is 42.5 Å². The third-order valence-electron chi connectivity index (χ3n) is 3.81. The SMILES string of the molecule is COc1ccccc1CN(CCC(=O)Nc1ccc(F)c(F)c1)C(C)=O. The molecule has 0 radical (unpaired) electrons. The number of nitrogens with zero attached hydrogens (tertiary/aromatic N) is 1. The minimum absolute atomic E-state index is 0.0216. The van der Waals surface area contributed by atoms with Crippen molar-refractivity contribution in [3.05, 3.63) is 59.7 Å². The normalized spacial score (nSPS) is 10.3. The summed E-state index contributed by atoms with van der Waals surface area (Å²) in [6.45, 7) is 1.91. The van der Waals surface area contributed by atoms with E-state index < -0.39 is 17.5 Å². The third-order valence-corrected chi connectivity index (χ3v) is 3.81. The monoisotopic (exact) mass is 362 g/mol. The summed E-state index contributed by atoms with van der Waals surface area (Å²) >= 11 is 0. The number of methoxy groups -OCH3 is 1. The van der Waals surface area contributed by atoms with Crippen molar-refractivity contribution in [1.82, 2.24) is 4.90 Å². The van der Waals surface area contributed by atoms with E-state index in [9.17, 15) is 18.4 Å². The Hall–Kier alpha value is -2.96. The molecule has 0 aliphatic rings. The van der Waals surface area contributed by atoms with E-state index in [1.807, 2.05) is 18.2 Å². The van der Waals surface area contributed by atoms with Crippen LogP contribution in [0.4, 0.5) is 14.5 Å². The van der Waals surface area contributed by atoms with E-state index in [0.29, 0.717) is 12.3 Å². The Morgan fingerprint density at radius 3 is 2.50 bits per heavy atom. The smallest absolute Gasteiger partial charge is 0.226 e. The number of hydrogen-bond acceptors (Lipinski definition) is 3. The van der Waals surface area contributed by atoms with Crippen molar-refractivity contribution in [1.29, 1.82) is 0 Å². The molecule has 5 nitrogen and oxygen atoms in total. The van der Waals surface area contributed by atoms with Gasteiger partial charge in [-0.3, -0.25) is 9.59 Å². The first-order valence-corrected chi connectivity index (χ1v) is 8.03. The highest BCUT2D eigenvalue weighted by Gasteiger charge is 2.14. The van der Waals surface area contributed by atoms with Crippen molar-refractivity contribution in [2.75, 3.05) is 19.0 Å². The molecule has 2 amide bonds. The molecule has 0 aliphatic heterocycles. The van der Waals surface area contributed by atoms with Gasteiger partial charge in [0.1, 0.15) is 5.75 Å². The largest absolute Gasteiger partial charge is 0.496 e. The Morgan fingerprint density at radius 2 is 1.85 bits per heavy atom. The molecule has 7 heteroatoms. The maximum atomic E-state index is 13.2. The predicted octanol–water partition coefficient (Wildman–Crippen LogP) is 3.35. The summed E-state index contributed by atoms with van der Waals surface area (Å²) < 4.78 is 31.3. The highest BCUT2D eigenvalue weighted by molar-refractivity contribution is 5.91. The first kappa shape index (κ1) is 19.4. The summed E-state index contributed by atoms with van der Waals surface area (Å²) in [5.74, 6) is -1.95. The number of ether oxygens (including phenoxy) is 1. The fraction of sp³-hybridized carbons (Fsp3) is 0.263. The summed E-state index contributed by atoms with van der Waals surface area (Å²) in [6.07, 6.45) is 0.0216. The van der Waals surface area contributed by atoms with Gasteiger partial charge in [0.25, 0.3) is 0 Å². The lowest BCUT2D eigenvalue weighted by Crippen LogP contribution is -2.31. The zero-order chi connectivity index (χ0) is 19.1. The van der Waals surface area contributed by atoms with Crippen LogP contribution in [-0.4, -0.2) is 30.4 Å². The second-order valence-corrected chi connectivity index (χ2v) is 5.68. The van der Waals surface area contributed by atoms with Crippen molar-refractivity contribution in [3.8, 4) is 5.75 Å². The maximum absolute atomic E-state index is 13.2. The molecule has 2 rings (SSSR count). The highest BCUT2D eigenvalue weighted by atomic mass is 19.2. The minimum Gasteiger partial charge on any atom is -0.496 e. The Morgan fingerprint density at radius 1 is 1.12 bits per heavy atom. The number of carbonyl (C=O) groups is 2. The van der Waals surface area contributed by atoms with Gasteiger partial charge in [0.15, 0.2) is 11.6 Å². The Balaban J connectivity index is 1.96. The Kier molecular flexibility index (Phi) is 6.66. The summed E-state index contributed by atoms with van der Waals surface area (Å²) in [5.41, 5.74) is 0.985. The molecule has 0 unspecified atom stereocenters. The van der Waals surface area contributed by atoms with E-state index >= 15 is 0 Å². The van der Waals surface area contributed by atoms with Crippen molar-refractivity contribution >= 4 is 17.5 Å². The van der Waals surface area contributed by atoms with Gasteiger partial charge < -0.3 is 15.0 Å². The number of anilines is 1. The first-order valence-electron chi connectivity index (χ1n) is 8.03. The van der Waals surface area contributed by atoms with Crippen molar-refractivity contribution < 1.29 is 23.1 Å². The summed E-state index contributed by atoms with van der Waals surface area (Å²) in [4.78, 5) is 25.4. The van der Waals surface area contributed by atoms with E-state index in [1.54, 1.807) is 13.2 Å². The molecule has 0 aliphatic carbocycles. The topological polar surface area (TPSA) is 58.6 Å². The molecule has 0 bridgehead atoms. The second kappa shape index (κ2) is 8.94. The van der Waals surface area contributed by atoms with Crippen LogP contribution >= 0.6 is 0 Å². The van der Waals surface area contributed by atoms with Gasteiger partial charge in [0, 0.05) is 43.8 Å². The first-order chi connectivity index (χ1) is 12.4. The number of rotatable bonds is 7. The average molecular weight is 362 g/mol. The molecule has 1 N–H and O–H groups in total. The van der Waals surface area contributed by atoms with E-state index in [2.05, 4.69) is 5.32 Å². The van der Waals surface area contributed by atoms with Crippen LogP contribution in [0.5, 0.6) is 5.75 Å². The minimum atomic E-state index is -1.04. The van der Waals surface area contributed by atoms with Gasteiger partial charge in [0.05, 0.1) is 7.11 Å². The number of nitrogens with one attached hydrogen (secondary N) is 1. The lowest BCUT2D eigenvalue weighted by atomic mass is 10.2. The Labute approximate surface area is 150 Å². The van der Waals surface area contributed by atoms with Gasteiger partial charge >= 0.3 is 0 Å². The average Bonchev–Trinajstić information content (AvgIpc) is 2.61. The quantitative estimate of drug-likeness (QED) is 0.822. The standard InChI is InChI=1S/C19H20F2N2O3/c1-13(24)23(12-14-5-3-4-6-18(14)26-2)10-9-19(25)22-15-7-8-16(20)17(21)11-15/h3-8,11H,9-10,12H2,1-2H3,(H,22,25). The van der Waals surface area contributed by atoms with E-state index in [0.717, 1.165) is 17.7 Å². The molecule has 0 aromatic heterocycles. The van der Waals surface area contributed by atoms with E-state index in [4.69, 9.17) is 4.74 Å². The molecule has 0 saturated carbocycles. The second-order valence-electron chi connectivity index (χ2n) is 5.68. The van der Waals surface area contributed by atoms with E-state index in [1.165, 1.54) is 17.9 Å². The molecule has 26 heavy (non-hydrogen) atoms. The van der Waals surface area contributed by atoms with Gasteiger partial charge in [-0.25, -0.2) is 8.78 Å². The third kappa shape index (κ3) is 5.27. The lowest BCUT2D eigenvalue weighted by molar-refractivity contribution is -0.129. The van der Waals surface area contributed by atoms with Crippen molar-refractivity contribution in [2.24, 2.45) is 0 Å². The number of amides is 2. The number of carbonyl (C=O) groups excluding carboxylic acids is 2. The number of halogens is 2. The summed E-state index contributed by atoms with van der Waals surface area (Å²) in [6, 6.07) is 10.4. The van der Waals surface area contributed by atoms with Crippen LogP contribution in [0.1, 0.15) is 18.9 Å². The van der Waals surface area contributed by atoms with Gasteiger partial charge in [0.2, 0.25) is 11.8 Å². The van der Waals surface area contributed by atoms with Crippen LogP contribution in [0.25, 0.3) is 0 Å². The molecule has 0 spiro atoms. The molecular formula is C19H20F2N2O3. The summed E-state index contributed by atoms with van der Waals surface area (Å²) in [7, 11) is 1.55. The lowest BCUT2D eigenvalue weighted by Gasteiger charge is -2.22. The van der Waals surface area contributed by atoms with Crippen molar-refractivity contribution in [2.45, 2.75) is 19.9 Å². The van der Waals surface area contributed by atoms with Crippen LogP contribution in [0.2, 0.25) is 0 Å². The molecule has 0 heterocycles. The Bertz CT molecular complexity index is 796. The van der Waals surface area contributed by atoms with Gasteiger partial charge in [-0.1, -0.05) is 18.2 Å². The molecule has 2 aromatic carbocycles. The fourth-order valence-electron chi connectivity index (χ4n) is 2.42. The maximum Gasteiger partial charge on any atom is 0.226 e. The van der Waals surface area contributed by atoms with Crippen LogP contribution in [0, 0.1) is 11.6 Å². The number of benzene rings is 2. The van der Waals surface area contributed by atoms with Gasteiger partial charge in [-0.05, 0) is 18.2 Å². The van der Waals surface area contributed by atoms with Crippen LogP contribution in [-0.2, 0) is 16.1 Å². The molecule has 2 aromatic rings. The van der Waals surface area contributed by atoms with Crippen LogP contribution in [0.3, 0.4) is 0 Å².